The smallest absolute Gasteiger partial charge is 0.326 e. The maximum atomic E-state index is 12.2. The van der Waals surface area contributed by atoms with Crippen molar-refractivity contribution in [2.75, 3.05) is 13.2 Å². The van der Waals surface area contributed by atoms with Crippen LogP contribution in [0.15, 0.2) is 12.7 Å². The average molecular weight is 299 g/mol. The molecule has 1 amide bonds. The van der Waals surface area contributed by atoms with Crippen molar-refractivity contribution in [1.29, 1.82) is 0 Å². The first-order chi connectivity index (χ1) is 9.99. The number of amides is 1. The lowest BCUT2D eigenvalue weighted by molar-refractivity contribution is -0.149. The van der Waals surface area contributed by atoms with E-state index in [0.717, 1.165) is 12.8 Å². The van der Waals surface area contributed by atoms with E-state index >= 15 is 0 Å². The van der Waals surface area contributed by atoms with Crippen LogP contribution in [-0.4, -0.2) is 58.4 Å². The van der Waals surface area contributed by atoms with Gasteiger partial charge in [-0.15, -0.1) is 6.58 Å². The molecular formula is C15H25NO5. The van der Waals surface area contributed by atoms with Crippen LogP contribution in [0.2, 0.25) is 0 Å². The van der Waals surface area contributed by atoms with Crippen molar-refractivity contribution in [2.45, 2.75) is 57.3 Å². The molecule has 0 aromatic heterocycles. The van der Waals surface area contributed by atoms with Gasteiger partial charge in [0.2, 0.25) is 5.91 Å². The number of nitrogens with zero attached hydrogens (tertiary/aromatic N) is 1. The van der Waals surface area contributed by atoms with Crippen molar-refractivity contribution < 1.29 is 24.5 Å². The maximum absolute atomic E-state index is 12.2. The minimum atomic E-state index is -1.07. The highest BCUT2D eigenvalue weighted by atomic mass is 16.5. The third-order valence-electron chi connectivity index (χ3n) is 3.65. The Balaban J connectivity index is 2.49. The fourth-order valence-corrected chi connectivity index (χ4v) is 2.43. The van der Waals surface area contributed by atoms with Crippen LogP contribution in [-0.2, 0) is 14.3 Å². The predicted molar refractivity (Wildman–Crippen MR) is 77.8 cm³/mol. The minimum Gasteiger partial charge on any atom is -0.480 e. The third kappa shape index (κ3) is 5.47. The normalized spacial score (nSPS) is 23.0. The first-order valence-corrected chi connectivity index (χ1v) is 7.42. The summed E-state index contributed by atoms with van der Waals surface area (Å²) in [6, 6.07) is -0.925. The third-order valence-corrected chi connectivity index (χ3v) is 3.65. The van der Waals surface area contributed by atoms with Gasteiger partial charge in [0.25, 0.3) is 0 Å². The lowest BCUT2D eigenvalue weighted by Gasteiger charge is -2.24. The summed E-state index contributed by atoms with van der Waals surface area (Å²) in [6.45, 7) is 6.21. The van der Waals surface area contributed by atoms with E-state index in [9.17, 15) is 14.7 Å². The summed E-state index contributed by atoms with van der Waals surface area (Å²) in [5.41, 5.74) is 0. The van der Waals surface area contributed by atoms with Crippen LogP contribution in [0.25, 0.3) is 0 Å². The average Bonchev–Trinajstić information content (AvgIpc) is 2.84. The van der Waals surface area contributed by atoms with Gasteiger partial charge in [-0.3, -0.25) is 4.79 Å². The van der Waals surface area contributed by atoms with Crippen LogP contribution in [0.5, 0.6) is 0 Å². The van der Waals surface area contributed by atoms with Crippen LogP contribution >= 0.6 is 0 Å². The zero-order chi connectivity index (χ0) is 15.8. The van der Waals surface area contributed by atoms with Gasteiger partial charge in [-0.2, -0.15) is 0 Å². The SMILES string of the molecule is C=CCCCO[C@@H](CC)CC(=O)N1C[C@H](O)C[C@H]1C(=O)O. The first-order valence-electron chi connectivity index (χ1n) is 7.42. The van der Waals surface area contributed by atoms with E-state index in [0.29, 0.717) is 13.0 Å². The zero-order valence-corrected chi connectivity index (χ0v) is 12.5. The number of carbonyl (C=O) groups excluding carboxylic acids is 1. The first kappa shape index (κ1) is 17.7. The van der Waals surface area contributed by atoms with Gasteiger partial charge in [0.1, 0.15) is 6.04 Å². The number of carboxylic acid groups (broad SMARTS) is 1. The molecule has 0 aliphatic carbocycles. The molecule has 1 saturated heterocycles. The van der Waals surface area contributed by atoms with Crippen molar-refractivity contribution in [3.63, 3.8) is 0 Å². The number of carboxylic acids is 1. The molecule has 1 aliphatic heterocycles. The molecule has 3 atom stereocenters. The summed E-state index contributed by atoms with van der Waals surface area (Å²) in [6.07, 6.45) is 3.50. The number of rotatable bonds is 9. The Kier molecular flexibility index (Phi) is 7.39. The largest absolute Gasteiger partial charge is 0.480 e. The number of β-amino-alcohol motifs (C(OH)–C–C–N with tert-alkyl or cyclic N) is 1. The highest BCUT2D eigenvalue weighted by Gasteiger charge is 2.39. The summed E-state index contributed by atoms with van der Waals surface area (Å²) < 4.78 is 5.64. The number of unbranched alkanes of at least 4 members (excludes halogenated alkanes) is 1. The van der Waals surface area contributed by atoms with Gasteiger partial charge < -0.3 is 19.8 Å². The highest BCUT2D eigenvalue weighted by molar-refractivity contribution is 5.84. The van der Waals surface area contributed by atoms with Crippen molar-refractivity contribution >= 4 is 11.9 Å². The van der Waals surface area contributed by atoms with Crippen molar-refractivity contribution in [1.82, 2.24) is 4.90 Å². The van der Waals surface area contributed by atoms with Crippen LogP contribution in [0.4, 0.5) is 0 Å². The van der Waals surface area contributed by atoms with Gasteiger partial charge in [-0.1, -0.05) is 13.0 Å². The van der Waals surface area contributed by atoms with E-state index in [4.69, 9.17) is 9.84 Å². The molecule has 21 heavy (non-hydrogen) atoms. The topological polar surface area (TPSA) is 87.1 Å². The Morgan fingerprint density at radius 2 is 2.24 bits per heavy atom. The van der Waals surface area contributed by atoms with Gasteiger partial charge in [-0.25, -0.2) is 4.79 Å². The molecule has 0 saturated carbocycles. The molecule has 6 nitrogen and oxygen atoms in total. The van der Waals surface area contributed by atoms with Crippen LogP contribution in [0.1, 0.15) is 39.0 Å². The Morgan fingerprint density at radius 1 is 1.52 bits per heavy atom. The standard InChI is InChI=1S/C15H25NO5/c1-3-5-6-7-21-12(4-2)9-14(18)16-10-11(17)8-13(16)15(19)20/h3,11-13,17H,1,4-10H2,2H3,(H,19,20)/t11-,12+,13+/m1/s1. The van der Waals surface area contributed by atoms with Gasteiger partial charge in [0, 0.05) is 19.6 Å². The Hall–Kier alpha value is -1.40. The summed E-state index contributed by atoms with van der Waals surface area (Å²) >= 11 is 0. The van der Waals surface area contributed by atoms with Gasteiger partial charge >= 0.3 is 5.97 Å². The fraction of sp³-hybridized carbons (Fsp3) is 0.733. The molecule has 0 radical (unpaired) electrons. The quantitative estimate of drug-likeness (QED) is 0.493. The molecule has 0 bridgehead atoms. The number of hydrogen-bond acceptors (Lipinski definition) is 4. The van der Waals surface area contributed by atoms with E-state index in [2.05, 4.69) is 6.58 Å². The summed E-state index contributed by atoms with van der Waals surface area (Å²) in [4.78, 5) is 24.6. The number of aliphatic hydroxyl groups excluding tert-OH is 1. The summed E-state index contributed by atoms with van der Waals surface area (Å²) in [7, 11) is 0. The molecular weight excluding hydrogens is 274 g/mol. The number of ether oxygens (including phenoxy) is 1. The number of likely N-dealkylation sites (tertiary alicyclic amines) is 1. The monoisotopic (exact) mass is 299 g/mol. The maximum Gasteiger partial charge on any atom is 0.326 e. The van der Waals surface area contributed by atoms with Crippen LogP contribution < -0.4 is 0 Å². The lowest BCUT2D eigenvalue weighted by atomic mass is 10.1. The van der Waals surface area contributed by atoms with Crippen molar-refractivity contribution in [2.24, 2.45) is 0 Å². The number of allylic oxidation sites excluding steroid dienone is 1. The zero-order valence-electron chi connectivity index (χ0n) is 12.5. The van der Waals surface area contributed by atoms with Crippen LogP contribution in [0.3, 0.4) is 0 Å². The lowest BCUT2D eigenvalue weighted by Crippen LogP contribution is -2.42. The van der Waals surface area contributed by atoms with Crippen molar-refractivity contribution in [3.8, 4) is 0 Å². The van der Waals surface area contributed by atoms with Gasteiger partial charge in [-0.05, 0) is 19.3 Å². The number of aliphatic carboxylic acids is 1. The molecule has 1 fully saturated rings. The second-order valence-corrected chi connectivity index (χ2v) is 5.33. The predicted octanol–water partition coefficient (Wildman–Crippen LogP) is 1.18. The van der Waals surface area contributed by atoms with E-state index < -0.39 is 18.1 Å². The molecule has 1 aliphatic rings. The molecule has 0 unspecified atom stereocenters. The second kappa shape index (κ2) is 8.79. The second-order valence-electron chi connectivity index (χ2n) is 5.33. The number of hydrogen-bond donors (Lipinski definition) is 2. The van der Waals surface area contributed by atoms with Gasteiger partial charge in [0.05, 0.1) is 18.6 Å². The van der Waals surface area contributed by atoms with Gasteiger partial charge in [0.15, 0.2) is 0 Å². The molecule has 120 valence electrons. The van der Waals surface area contributed by atoms with E-state index in [-0.39, 0.29) is 31.4 Å². The van der Waals surface area contributed by atoms with Crippen LogP contribution in [0, 0.1) is 0 Å². The molecule has 6 heteroatoms. The minimum absolute atomic E-state index is 0.0860. The van der Waals surface area contributed by atoms with E-state index in [1.54, 1.807) is 0 Å². The Bertz CT molecular complexity index is 371. The number of carbonyl (C=O) groups is 2. The Labute approximate surface area is 125 Å². The molecule has 0 spiro atoms. The highest BCUT2D eigenvalue weighted by Crippen LogP contribution is 2.20. The molecule has 1 heterocycles. The van der Waals surface area contributed by atoms with Crippen molar-refractivity contribution in [3.05, 3.63) is 12.7 Å². The summed E-state index contributed by atoms with van der Waals surface area (Å²) in [5, 5.41) is 18.7. The molecule has 1 rings (SSSR count). The molecule has 0 aromatic rings. The number of aliphatic hydroxyl groups is 1. The van der Waals surface area contributed by atoms with E-state index in [1.807, 2.05) is 13.0 Å². The molecule has 2 N–H and O–H groups in total. The molecule has 0 aromatic carbocycles. The van der Waals surface area contributed by atoms with E-state index in [1.165, 1.54) is 4.90 Å². The fourth-order valence-electron chi connectivity index (χ4n) is 2.43. The summed E-state index contributed by atoms with van der Waals surface area (Å²) in [5.74, 6) is -1.34. The Morgan fingerprint density at radius 3 is 2.81 bits per heavy atom.